The van der Waals surface area contributed by atoms with E-state index in [0.29, 0.717) is 0 Å². The maximum absolute atomic E-state index is 8.12. The van der Waals surface area contributed by atoms with Crippen molar-refractivity contribution in [2.75, 3.05) is 0 Å². The number of rotatable bonds is 0. The molecule has 0 aliphatic carbocycles. The van der Waals surface area contributed by atoms with Gasteiger partial charge in [-0.15, -0.1) is 0 Å². The Morgan fingerprint density at radius 1 is 1.20 bits per heavy atom. The van der Waals surface area contributed by atoms with Gasteiger partial charge in [0, 0.05) is 0 Å². The summed E-state index contributed by atoms with van der Waals surface area (Å²) in [7, 11) is 0. The van der Waals surface area contributed by atoms with Crippen molar-refractivity contribution in [3.63, 3.8) is 0 Å². The van der Waals surface area contributed by atoms with Crippen LogP contribution in [0.2, 0.25) is 0 Å². The van der Waals surface area contributed by atoms with E-state index in [1.54, 1.807) is 0 Å². The van der Waals surface area contributed by atoms with Crippen LogP contribution in [0.25, 0.3) is 0 Å². The molecule has 0 saturated heterocycles. The Bertz CT molecular complexity index is 27.9. The minimum Gasteiger partial charge on any atom is -0.870 e. The molecular weight excluding hydrogens is 83.0 g/mol. The molecule has 0 rings (SSSR count). The molecule has 0 bridgehead atoms. The SMILES string of the molecule is O=C=O.[Na+].[OH-]. The Labute approximate surface area is 51.0 Å². The second-order valence-corrected chi connectivity index (χ2v) is 0.0833. The summed E-state index contributed by atoms with van der Waals surface area (Å²) in [4.78, 5) is 16.2. The molecule has 1 N–H and O–H groups in total. The third-order valence-electron chi connectivity index (χ3n) is 0. The summed E-state index contributed by atoms with van der Waals surface area (Å²) in [6.45, 7) is 0. The predicted molar refractivity (Wildman–Crippen MR) is 6.94 cm³/mol. The fourth-order valence-electron chi connectivity index (χ4n) is 0. The molecular formula is CHNaO3. The topological polar surface area (TPSA) is 64.1 Å². The van der Waals surface area contributed by atoms with E-state index in [1.807, 2.05) is 0 Å². The monoisotopic (exact) mass is 84.0 g/mol. The number of carbonyl (C=O) groups excluding carboxylic acids is 2. The fraction of sp³-hybridized carbons (Fsp3) is 0. The van der Waals surface area contributed by atoms with Gasteiger partial charge in [0.05, 0.1) is 0 Å². The normalized spacial score (nSPS) is 1.60. The predicted octanol–water partition coefficient (Wildman–Crippen LogP) is -3.76. The standard InChI is InChI=1S/CO2.Na.H2O/c2-1-3;;/h;;1H2/q;+1;/p-1. The van der Waals surface area contributed by atoms with E-state index < -0.39 is 0 Å². The Balaban J connectivity index is -0.0000000200. The van der Waals surface area contributed by atoms with E-state index in [1.165, 1.54) is 0 Å². The van der Waals surface area contributed by atoms with E-state index in [9.17, 15) is 0 Å². The second kappa shape index (κ2) is 27.0. The largest absolute Gasteiger partial charge is 1.00 e. The van der Waals surface area contributed by atoms with Crippen LogP contribution in [0.1, 0.15) is 0 Å². The van der Waals surface area contributed by atoms with Crippen LogP contribution >= 0.6 is 0 Å². The molecule has 0 aromatic heterocycles. The van der Waals surface area contributed by atoms with Crippen LogP contribution in [-0.2, 0) is 9.59 Å². The smallest absolute Gasteiger partial charge is 0.870 e. The molecule has 0 unspecified atom stereocenters. The molecule has 5 heavy (non-hydrogen) atoms. The zero-order valence-corrected chi connectivity index (χ0v) is 4.76. The molecule has 0 aromatic rings. The third-order valence-corrected chi connectivity index (χ3v) is 0. The van der Waals surface area contributed by atoms with E-state index >= 15 is 0 Å². The molecule has 3 nitrogen and oxygen atoms in total. The van der Waals surface area contributed by atoms with Crippen LogP contribution in [0.4, 0.5) is 0 Å². The molecule has 0 aliphatic rings. The van der Waals surface area contributed by atoms with Crippen LogP contribution in [0.15, 0.2) is 0 Å². The van der Waals surface area contributed by atoms with E-state index in [0.717, 1.165) is 0 Å². The molecule has 0 spiro atoms. The quantitative estimate of drug-likeness (QED) is 0.283. The van der Waals surface area contributed by atoms with Crippen molar-refractivity contribution in [1.29, 1.82) is 0 Å². The van der Waals surface area contributed by atoms with Crippen LogP contribution in [0.3, 0.4) is 0 Å². The second-order valence-electron chi connectivity index (χ2n) is 0.0833. The first-order valence-corrected chi connectivity index (χ1v) is 0.408. The number of hydrogen-bond donors (Lipinski definition) is 0. The van der Waals surface area contributed by atoms with Gasteiger partial charge in [-0.25, -0.2) is 0 Å². The van der Waals surface area contributed by atoms with Gasteiger partial charge >= 0.3 is 35.7 Å². The Kier molecular flexibility index (Phi) is 99.1. The van der Waals surface area contributed by atoms with Gasteiger partial charge in [-0.1, -0.05) is 0 Å². The Hall–Kier alpha value is 0.340. The van der Waals surface area contributed by atoms with Crippen LogP contribution < -0.4 is 29.6 Å². The fourth-order valence-corrected chi connectivity index (χ4v) is 0. The third kappa shape index (κ3) is 206. The van der Waals surface area contributed by atoms with E-state index in [2.05, 4.69) is 0 Å². The Morgan fingerprint density at radius 2 is 1.20 bits per heavy atom. The van der Waals surface area contributed by atoms with Crippen molar-refractivity contribution in [2.24, 2.45) is 0 Å². The van der Waals surface area contributed by atoms with Crippen molar-refractivity contribution in [2.45, 2.75) is 0 Å². The molecule has 0 fully saturated rings. The van der Waals surface area contributed by atoms with Gasteiger partial charge in [0.2, 0.25) is 0 Å². The van der Waals surface area contributed by atoms with Gasteiger partial charge in [0.25, 0.3) is 0 Å². The van der Waals surface area contributed by atoms with Crippen LogP contribution in [0, 0.1) is 0 Å². The van der Waals surface area contributed by atoms with E-state index in [4.69, 9.17) is 9.59 Å². The van der Waals surface area contributed by atoms with Gasteiger partial charge in [-0.3, -0.25) is 0 Å². The summed E-state index contributed by atoms with van der Waals surface area (Å²) in [5, 5.41) is 0. The molecule has 0 atom stereocenters. The molecule has 24 valence electrons. The minimum absolute atomic E-state index is 0. The summed E-state index contributed by atoms with van der Waals surface area (Å²) in [5.74, 6) is 0. The summed E-state index contributed by atoms with van der Waals surface area (Å²) in [5.41, 5.74) is 0. The summed E-state index contributed by atoms with van der Waals surface area (Å²) >= 11 is 0. The van der Waals surface area contributed by atoms with Gasteiger partial charge in [-0.2, -0.15) is 9.59 Å². The average molecular weight is 84.0 g/mol. The van der Waals surface area contributed by atoms with Gasteiger partial charge < -0.3 is 5.48 Å². The number of hydrogen-bond acceptors (Lipinski definition) is 3. The van der Waals surface area contributed by atoms with Crippen molar-refractivity contribution < 1.29 is 44.6 Å². The summed E-state index contributed by atoms with van der Waals surface area (Å²) in [6.07, 6.45) is 0.250. The molecule has 0 aromatic carbocycles. The molecule has 0 amide bonds. The maximum Gasteiger partial charge on any atom is 1.00 e. The maximum atomic E-state index is 8.12. The summed E-state index contributed by atoms with van der Waals surface area (Å²) in [6, 6.07) is 0. The molecule has 0 saturated carbocycles. The van der Waals surface area contributed by atoms with Gasteiger partial charge in [0.15, 0.2) is 0 Å². The zero-order chi connectivity index (χ0) is 2.71. The van der Waals surface area contributed by atoms with Crippen molar-refractivity contribution >= 4 is 6.15 Å². The molecule has 0 radical (unpaired) electrons. The van der Waals surface area contributed by atoms with Crippen LogP contribution in [0.5, 0.6) is 0 Å². The molecule has 0 aliphatic heterocycles. The first-order chi connectivity index (χ1) is 1.41. The van der Waals surface area contributed by atoms with Crippen molar-refractivity contribution in [1.82, 2.24) is 0 Å². The summed E-state index contributed by atoms with van der Waals surface area (Å²) < 4.78 is 0. The first-order valence-electron chi connectivity index (χ1n) is 0.408. The zero-order valence-electron chi connectivity index (χ0n) is 2.76. The average Bonchev–Trinajstić information content (AvgIpc) is 0.918. The first kappa shape index (κ1) is 18.4. The minimum atomic E-state index is 0. The van der Waals surface area contributed by atoms with E-state index in [-0.39, 0.29) is 41.2 Å². The van der Waals surface area contributed by atoms with Crippen molar-refractivity contribution in [3.8, 4) is 0 Å². The van der Waals surface area contributed by atoms with Crippen molar-refractivity contribution in [3.05, 3.63) is 0 Å². The van der Waals surface area contributed by atoms with Gasteiger partial charge in [-0.05, 0) is 0 Å². The van der Waals surface area contributed by atoms with Crippen LogP contribution in [-0.4, -0.2) is 11.6 Å². The Morgan fingerprint density at radius 3 is 1.20 bits per heavy atom. The van der Waals surface area contributed by atoms with Gasteiger partial charge in [0.1, 0.15) is 0 Å². The molecule has 0 heterocycles. The molecule has 4 heteroatoms.